The van der Waals surface area contributed by atoms with Gasteiger partial charge in [0.15, 0.2) is 0 Å². The van der Waals surface area contributed by atoms with Crippen molar-refractivity contribution in [3.05, 3.63) is 125 Å². The Labute approximate surface area is 218 Å². The van der Waals surface area contributed by atoms with Crippen molar-refractivity contribution in [3.8, 4) is 0 Å². The van der Waals surface area contributed by atoms with Crippen LogP contribution in [0.4, 0.5) is 23.7 Å². The van der Waals surface area contributed by atoms with Crippen LogP contribution in [0.5, 0.6) is 0 Å². The molecule has 0 aliphatic heterocycles. The number of aromatic nitrogens is 1. The highest BCUT2D eigenvalue weighted by Gasteiger charge is 2.27. The van der Waals surface area contributed by atoms with Gasteiger partial charge in [-0.3, -0.25) is 4.98 Å². The summed E-state index contributed by atoms with van der Waals surface area (Å²) in [7, 11) is -4.26. The van der Waals surface area contributed by atoms with E-state index in [0.29, 0.717) is 11.3 Å². The summed E-state index contributed by atoms with van der Waals surface area (Å²) in [6.07, 6.45) is 3.21. The van der Waals surface area contributed by atoms with Crippen molar-refractivity contribution in [2.75, 3.05) is 5.32 Å². The maximum absolute atomic E-state index is 14.4. The van der Waals surface area contributed by atoms with Crippen LogP contribution < -0.4 is 10.6 Å². The molecule has 0 spiro atoms. The van der Waals surface area contributed by atoms with Crippen molar-refractivity contribution in [3.63, 3.8) is 0 Å². The van der Waals surface area contributed by atoms with Gasteiger partial charge in [0.1, 0.15) is 17.5 Å². The topological polar surface area (TPSA) is 91.4 Å². The van der Waals surface area contributed by atoms with Crippen molar-refractivity contribution in [1.82, 2.24) is 14.6 Å². The summed E-state index contributed by atoms with van der Waals surface area (Å²) in [5, 5.41) is 5.29. The van der Waals surface area contributed by atoms with Crippen molar-refractivity contribution >= 4 is 21.7 Å². The van der Waals surface area contributed by atoms with Crippen LogP contribution in [-0.4, -0.2) is 23.7 Å². The highest BCUT2D eigenvalue weighted by molar-refractivity contribution is 7.89. The molecule has 2 N–H and O–H groups in total. The van der Waals surface area contributed by atoms with E-state index in [1.54, 1.807) is 24.5 Å². The molecule has 1 aromatic heterocycles. The van der Waals surface area contributed by atoms with Gasteiger partial charge in [0, 0.05) is 43.3 Å². The summed E-state index contributed by atoms with van der Waals surface area (Å²) in [6.45, 7) is -0.574. The highest BCUT2D eigenvalue weighted by Crippen LogP contribution is 2.25. The summed E-state index contributed by atoms with van der Waals surface area (Å²) < 4.78 is 70.1. The third-order valence-corrected chi connectivity index (χ3v) is 7.43. The Hall–Kier alpha value is -4.22. The zero-order valence-corrected chi connectivity index (χ0v) is 20.8. The van der Waals surface area contributed by atoms with Crippen molar-refractivity contribution < 1.29 is 26.4 Å². The molecule has 38 heavy (non-hydrogen) atoms. The Morgan fingerprint density at radius 1 is 0.789 bits per heavy atom. The predicted octanol–water partition coefficient (Wildman–Crippen LogP) is 5.21. The molecule has 196 valence electrons. The van der Waals surface area contributed by atoms with E-state index in [0.717, 1.165) is 22.0 Å². The second-order valence-electron chi connectivity index (χ2n) is 8.29. The summed E-state index contributed by atoms with van der Waals surface area (Å²) in [4.78, 5) is 16.0. The van der Waals surface area contributed by atoms with Gasteiger partial charge >= 0.3 is 6.03 Å². The molecule has 4 rings (SSSR count). The van der Waals surface area contributed by atoms with E-state index < -0.39 is 45.6 Å². The molecule has 0 aliphatic carbocycles. The Morgan fingerprint density at radius 3 is 2.05 bits per heavy atom. The van der Waals surface area contributed by atoms with Gasteiger partial charge in [-0.2, -0.15) is 4.31 Å². The Kier molecular flexibility index (Phi) is 8.39. The first-order valence-corrected chi connectivity index (χ1v) is 12.9. The molecule has 0 aliphatic rings. The quantitative estimate of drug-likeness (QED) is 0.305. The van der Waals surface area contributed by atoms with Gasteiger partial charge in [-0.1, -0.05) is 18.2 Å². The molecule has 0 saturated heterocycles. The van der Waals surface area contributed by atoms with E-state index in [-0.39, 0.29) is 18.0 Å². The molecule has 1 heterocycles. The zero-order valence-electron chi connectivity index (χ0n) is 19.9. The number of benzene rings is 3. The SMILES string of the molecule is O=C(NCc1ccncc1)Nc1ccc(S(=O)(=O)N(Cc2ccc(F)cc2)Cc2c(F)cccc2F)cc1. The number of urea groups is 1. The lowest BCUT2D eigenvalue weighted by Gasteiger charge is -2.23. The van der Waals surface area contributed by atoms with Crippen LogP contribution in [0.1, 0.15) is 16.7 Å². The van der Waals surface area contributed by atoms with Crippen molar-refractivity contribution in [2.24, 2.45) is 0 Å². The third-order valence-electron chi connectivity index (χ3n) is 5.62. The summed E-state index contributed by atoms with van der Waals surface area (Å²) in [6, 6.07) is 16.8. The Bertz CT molecular complexity index is 1480. The first kappa shape index (κ1) is 26.8. The molecule has 0 saturated carbocycles. The Morgan fingerprint density at radius 2 is 1.42 bits per heavy atom. The normalized spacial score (nSPS) is 11.4. The van der Waals surface area contributed by atoms with E-state index in [2.05, 4.69) is 15.6 Å². The maximum atomic E-state index is 14.4. The lowest BCUT2D eigenvalue weighted by Crippen LogP contribution is -2.31. The zero-order chi connectivity index (χ0) is 27.1. The first-order valence-electron chi connectivity index (χ1n) is 11.4. The Balaban J connectivity index is 1.53. The fourth-order valence-corrected chi connectivity index (χ4v) is 4.99. The molecular weight excluding hydrogens is 517 g/mol. The number of carbonyl (C=O) groups is 1. The summed E-state index contributed by atoms with van der Waals surface area (Å²) >= 11 is 0. The summed E-state index contributed by atoms with van der Waals surface area (Å²) in [5.41, 5.74) is 1.20. The molecular formula is C27H23F3N4O3S. The second kappa shape index (κ2) is 11.9. The lowest BCUT2D eigenvalue weighted by atomic mass is 10.2. The van der Waals surface area contributed by atoms with Crippen LogP contribution in [0.15, 0.2) is 96.2 Å². The van der Waals surface area contributed by atoms with Gasteiger partial charge in [0.2, 0.25) is 10.0 Å². The molecule has 4 aromatic rings. The van der Waals surface area contributed by atoms with Crippen molar-refractivity contribution in [2.45, 2.75) is 24.5 Å². The van der Waals surface area contributed by atoms with Crippen molar-refractivity contribution in [1.29, 1.82) is 0 Å². The van der Waals surface area contributed by atoms with E-state index in [9.17, 15) is 26.4 Å². The molecule has 0 bridgehead atoms. The van der Waals surface area contributed by atoms with Gasteiger partial charge in [0.25, 0.3) is 0 Å². The number of hydrogen-bond acceptors (Lipinski definition) is 4. The number of carbonyl (C=O) groups excluding carboxylic acids is 1. The lowest BCUT2D eigenvalue weighted by molar-refractivity contribution is 0.251. The molecule has 0 atom stereocenters. The number of amides is 2. The van der Waals surface area contributed by atoms with E-state index >= 15 is 0 Å². The fourth-order valence-electron chi connectivity index (χ4n) is 3.60. The molecule has 3 aromatic carbocycles. The number of nitrogens with zero attached hydrogens (tertiary/aromatic N) is 2. The molecule has 2 amide bonds. The van der Waals surface area contributed by atoms with Crippen LogP contribution in [0.25, 0.3) is 0 Å². The molecule has 11 heteroatoms. The largest absolute Gasteiger partial charge is 0.334 e. The second-order valence-corrected chi connectivity index (χ2v) is 10.2. The minimum Gasteiger partial charge on any atom is -0.334 e. The van der Waals surface area contributed by atoms with Crippen LogP contribution in [-0.2, 0) is 29.7 Å². The smallest absolute Gasteiger partial charge is 0.319 e. The average Bonchev–Trinajstić information content (AvgIpc) is 2.91. The number of halogens is 3. The van der Waals surface area contributed by atoms with Crippen LogP contribution in [0, 0.1) is 17.5 Å². The number of nitrogens with one attached hydrogen (secondary N) is 2. The van der Waals surface area contributed by atoms with Gasteiger partial charge in [-0.05, 0) is 71.8 Å². The monoisotopic (exact) mass is 540 g/mol. The molecule has 0 radical (unpaired) electrons. The number of anilines is 1. The third kappa shape index (κ3) is 6.75. The number of sulfonamides is 1. The fraction of sp³-hybridized carbons (Fsp3) is 0.111. The van der Waals surface area contributed by atoms with Gasteiger partial charge < -0.3 is 10.6 Å². The predicted molar refractivity (Wildman–Crippen MR) is 136 cm³/mol. The number of hydrogen-bond donors (Lipinski definition) is 2. The minimum atomic E-state index is -4.26. The number of rotatable bonds is 9. The van der Waals surface area contributed by atoms with E-state index in [4.69, 9.17) is 0 Å². The summed E-state index contributed by atoms with van der Waals surface area (Å²) in [5.74, 6) is -2.28. The number of pyridine rings is 1. The highest BCUT2D eigenvalue weighted by atomic mass is 32.2. The van der Waals surface area contributed by atoms with Crippen LogP contribution in [0.3, 0.4) is 0 Å². The molecule has 0 unspecified atom stereocenters. The molecule has 0 fully saturated rings. The standard InChI is InChI=1S/C27H23F3N4O3S/c28-21-6-4-20(5-7-21)17-34(18-24-25(29)2-1-3-26(24)30)38(36,37)23-10-8-22(9-11-23)33-27(35)32-16-19-12-14-31-15-13-19/h1-15H,16-18H2,(H2,32,33,35). The van der Waals surface area contributed by atoms with Crippen LogP contribution in [0.2, 0.25) is 0 Å². The van der Waals surface area contributed by atoms with Crippen LogP contribution >= 0.6 is 0 Å². The minimum absolute atomic E-state index is 0.154. The first-order chi connectivity index (χ1) is 18.2. The molecule has 7 nitrogen and oxygen atoms in total. The van der Waals surface area contributed by atoms with Gasteiger partial charge in [0.05, 0.1) is 4.90 Å². The van der Waals surface area contributed by atoms with E-state index in [1.807, 2.05) is 0 Å². The van der Waals surface area contributed by atoms with E-state index in [1.165, 1.54) is 54.6 Å². The van der Waals surface area contributed by atoms with Gasteiger partial charge in [-0.15, -0.1) is 0 Å². The van der Waals surface area contributed by atoms with Gasteiger partial charge in [-0.25, -0.2) is 26.4 Å². The average molecular weight is 541 g/mol. The maximum Gasteiger partial charge on any atom is 0.319 e.